The molecule has 18 heavy (non-hydrogen) atoms. The van der Waals surface area contributed by atoms with Crippen molar-refractivity contribution in [1.29, 1.82) is 0 Å². The molecule has 2 unspecified atom stereocenters. The Balaban J connectivity index is 2.28. The lowest BCUT2D eigenvalue weighted by molar-refractivity contribution is -0.00521. The molecule has 1 fully saturated rings. The van der Waals surface area contributed by atoms with Crippen LogP contribution >= 0.6 is 0 Å². The van der Waals surface area contributed by atoms with E-state index in [-0.39, 0.29) is 17.8 Å². The van der Waals surface area contributed by atoms with Crippen LogP contribution in [0.4, 0.5) is 11.4 Å². The van der Waals surface area contributed by atoms with Crippen LogP contribution in [0.15, 0.2) is 18.2 Å². The summed E-state index contributed by atoms with van der Waals surface area (Å²) in [6.45, 7) is 5.54. The van der Waals surface area contributed by atoms with Gasteiger partial charge in [-0.3, -0.25) is 0 Å². The molecule has 1 aromatic carbocycles. The topological polar surface area (TPSA) is 75.8 Å². The van der Waals surface area contributed by atoms with Crippen LogP contribution in [0.3, 0.4) is 0 Å². The maximum absolute atomic E-state index is 11.1. The Hall–Kier alpha value is -1.75. The summed E-state index contributed by atoms with van der Waals surface area (Å²) in [6.07, 6.45) is 0.277. The van der Waals surface area contributed by atoms with E-state index in [0.29, 0.717) is 5.69 Å². The van der Waals surface area contributed by atoms with E-state index < -0.39 is 5.97 Å². The van der Waals surface area contributed by atoms with Gasteiger partial charge in [0.05, 0.1) is 17.8 Å². The highest BCUT2D eigenvalue weighted by Gasteiger charge is 2.23. The minimum atomic E-state index is -0.997. The van der Waals surface area contributed by atoms with E-state index in [1.54, 1.807) is 12.1 Å². The number of carbonyl (C=O) groups is 1. The number of carboxylic acids is 1. The molecule has 2 atom stereocenters. The Morgan fingerprint density at radius 1 is 1.39 bits per heavy atom. The van der Waals surface area contributed by atoms with Crippen LogP contribution in [0.5, 0.6) is 0 Å². The number of nitrogens with zero attached hydrogens (tertiary/aromatic N) is 1. The van der Waals surface area contributed by atoms with Gasteiger partial charge in [-0.25, -0.2) is 4.79 Å². The fourth-order valence-electron chi connectivity index (χ4n) is 2.31. The normalized spacial score (nSPS) is 24.0. The molecule has 0 spiro atoms. The summed E-state index contributed by atoms with van der Waals surface area (Å²) in [7, 11) is 0. The molecular formula is C13H18N2O3. The van der Waals surface area contributed by atoms with Crippen molar-refractivity contribution in [3.05, 3.63) is 23.8 Å². The molecule has 0 radical (unpaired) electrons. The highest BCUT2D eigenvalue weighted by atomic mass is 16.5. The summed E-state index contributed by atoms with van der Waals surface area (Å²) < 4.78 is 5.66. The van der Waals surface area contributed by atoms with E-state index in [2.05, 4.69) is 4.90 Å². The molecule has 5 nitrogen and oxygen atoms in total. The zero-order valence-electron chi connectivity index (χ0n) is 10.6. The monoisotopic (exact) mass is 250 g/mol. The molecule has 0 bridgehead atoms. The number of nitrogen functional groups attached to an aromatic ring is 1. The minimum absolute atomic E-state index is 0.139. The van der Waals surface area contributed by atoms with Gasteiger partial charge in [-0.1, -0.05) is 0 Å². The molecule has 98 valence electrons. The van der Waals surface area contributed by atoms with Gasteiger partial charge in [-0.2, -0.15) is 0 Å². The van der Waals surface area contributed by atoms with E-state index in [0.717, 1.165) is 18.8 Å². The molecule has 1 aromatic rings. The Kier molecular flexibility index (Phi) is 3.43. The van der Waals surface area contributed by atoms with Crippen LogP contribution in [-0.2, 0) is 4.74 Å². The van der Waals surface area contributed by atoms with Crippen molar-refractivity contribution < 1.29 is 14.6 Å². The van der Waals surface area contributed by atoms with Crippen molar-refractivity contribution in [3.8, 4) is 0 Å². The minimum Gasteiger partial charge on any atom is -0.478 e. The van der Waals surface area contributed by atoms with Gasteiger partial charge in [0.25, 0.3) is 0 Å². The average Bonchev–Trinajstić information content (AvgIpc) is 2.27. The lowest BCUT2D eigenvalue weighted by Crippen LogP contribution is -2.45. The Morgan fingerprint density at radius 2 is 2.00 bits per heavy atom. The molecule has 2 rings (SSSR count). The highest BCUT2D eigenvalue weighted by molar-refractivity contribution is 5.94. The quantitative estimate of drug-likeness (QED) is 0.779. The van der Waals surface area contributed by atoms with Crippen molar-refractivity contribution in [3.63, 3.8) is 0 Å². The summed E-state index contributed by atoms with van der Waals surface area (Å²) in [6, 6.07) is 5.12. The van der Waals surface area contributed by atoms with E-state index >= 15 is 0 Å². The fraction of sp³-hybridized carbons (Fsp3) is 0.462. The number of benzene rings is 1. The van der Waals surface area contributed by atoms with Crippen LogP contribution in [0.25, 0.3) is 0 Å². The summed E-state index contributed by atoms with van der Waals surface area (Å²) in [5.41, 5.74) is 6.97. The first-order valence-corrected chi connectivity index (χ1v) is 6.00. The van der Waals surface area contributed by atoms with Crippen molar-refractivity contribution in [2.45, 2.75) is 26.1 Å². The molecule has 0 aliphatic carbocycles. The number of aromatic carboxylic acids is 1. The van der Waals surface area contributed by atoms with Gasteiger partial charge < -0.3 is 20.5 Å². The molecular weight excluding hydrogens is 232 g/mol. The van der Waals surface area contributed by atoms with Crippen molar-refractivity contribution in [2.75, 3.05) is 23.7 Å². The third-order valence-electron chi connectivity index (χ3n) is 3.05. The highest BCUT2D eigenvalue weighted by Crippen LogP contribution is 2.24. The number of hydrogen-bond acceptors (Lipinski definition) is 4. The molecule has 5 heteroatoms. The molecule has 3 N–H and O–H groups in total. The zero-order valence-corrected chi connectivity index (χ0v) is 10.6. The van der Waals surface area contributed by atoms with E-state index in [1.165, 1.54) is 0 Å². The molecule has 1 heterocycles. The second-order valence-electron chi connectivity index (χ2n) is 4.74. The number of rotatable bonds is 2. The van der Waals surface area contributed by atoms with Gasteiger partial charge in [0.2, 0.25) is 0 Å². The maximum atomic E-state index is 11.1. The smallest absolute Gasteiger partial charge is 0.337 e. The first kappa shape index (κ1) is 12.7. The van der Waals surface area contributed by atoms with Gasteiger partial charge in [-0.15, -0.1) is 0 Å². The average molecular weight is 250 g/mol. The lowest BCUT2D eigenvalue weighted by atomic mass is 10.1. The zero-order chi connectivity index (χ0) is 13.3. The molecule has 1 aliphatic rings. The number of morpholine rings is 1. The van der Waals surface area contributed by atoms with Crippen LogP contribution in [0.1, 0.15) is 24.2 Å². The molecule has 0 aromatic heterocycles. The predicted molar refractivity (Wildman–Crippen MR) is 70.0 cm³/mol. The fourth-order valence-corrected chi connectivity index (χ4v) is 2.31. The molecule has 0 amide bonds. The third-order valence-corrected chi connectivity index (χ3v) is 3.05. The van der Waals surface area contributed by atoms with Gasteiger partial charge in [0.1, 0.15) is 0 Å². The lowest BCUT2D eigenvalue weighted by Gasteiger charge is -2.37. The second kappa shape index (κ2) is 4.86. The molecule has 1 saturated heterocycles. The predicted octanol–water partition coefficient (Wildman–Crippen LogP) is 1.58. The Labute approximate surface area is 106 Å². The number of hydrogen-bond donors (Lipinski definition) is 2. The van der Waals surface area contributed by atoms with E-state index in [1.807, 2.05) is 19.9 Å². The van der Waals surface area contributed by atoms with Gasteiger partial charge in [0, 0.05) is 24.5 Å². The molecule has 0 saturated carbocycles. The van der Waals surface area contributed by atoms with Gasteiger partial charge in [-0.05, 0) is 32.0 Å². The first-order valence-electron chi connectivity index (χ1n) is 6.00. The van der Waals surface area contributed by atoms with E-state index in [9.17, 15) is 4.79 Å². The first-order chi connectivity index (χ1) is 8.47. The number of anilines is 2. The van der Waals surface area contributed by atoms with Gasteiger partial charge in [0.15, 0.2) is 0 Å². The van der Waals surface area contributed by atoms with Crippen LogP contribution in [0.2, 0.25) is 0 Å². The summed E-state index contributed by atoms with van der Waals surface area (Å²) in [5.74, 6) is -0.997. The maximum Gasteiger partial charge on any atom is 0.337 e. The summed E-state index contributed by atoms with van der Waals surface area (Å²) in [5, 5.41) is 9.07. The van der Waals surface area contributed by atoms with Gasteiger partial charge >= 0.3 is 5.97 Å². The standard InChI is InChI=1S/C13H18N2O3/c1-8-6-15(7-9(2)18-8)10-3-4-12(14)11(5-10)13(16)17/h3-5,8-9H,6-7,14H2,1-2H3,(H,16,17). The molecule has 1 aliphatic heterocycles. The number of ether oxygens (including phenoxy) is 1. The number of carboxylic acid groups (broad SMARTS) is 1. The summed E-state index contributed by atoms with van der Waals surface area (Å²) >= 11 is 0. The van der Waals surface area contributed by atoms with Crippen molar-refractivity contribution in [1.82, 2.24) is 0 Å². The Bertz CT molecular complexity index is 452. The van der Waals surface area contributed by atoms with Crippen molar-refractivity contribution in [2.24, 2.45) is 0 Å². The third kappa shape index (κ3) is 2.56. The van der Waals surface area contributed by atoms with Crippen molar-refractivity contribution >= 4 is 17.3 Å². The van der Waals surface area contributed by atoms with E-state index in [4.69, 9.17) is 15.6 Å². The van der Waals surface area contributed by atoms with Crippen LogP contribution < -0.4 is 10.6 Å². The SMILES string of the molecule is CC1CN(c2ccc(N)c(C(=O)O)c2)CC(C)O1. The van der Waals surface area contributed by atoms with Crippen LogP contribution in [0, 0.1) is 0 Å². The second-order valence-corrected chi connectivity index (χ2v) is 4.74. The summed E-state index contributed by atoms with van der Waals surface area (Å²) in [4.78, 5) is 13.2. The van der Waals surface area contributed by atoms with Crippen LogP contribution in [-0.4, -0.2) is 36.4 Å². The number of nitrogens with two attached hydrogens (primary N) is 1. The Morgan fingerprint density at radius 3 is 2.56 bits per heavy atom. The largest absolute Gasteiger partial charge is 0.478 e.